The van der Waals surface area contributed by atoms with E-state index in [-0.39, 0.29) is 51.9 Å². The van der Waals surface area contributed by atoms with Crippen LogP contribution in [-0.2, 0) is 20.9 Å². The number of rotatable bonds is 10. The number of benzene rings is 2. The van der Waals surface area contributed by atoms with Crippen LogP contribution in [0.25, 0.3) is 11.4 Å². The molecule has 0 fully saturated rings. The van der Waals surface area contributed by atoms with Crippen LogP contribution in [0.5, 0.6) is 0 Å². The van der Waals surface area contributed by atoms with E-state index in [1.807, 2.05) is 69.3 Å². The second-order valence-electron chi connectivity index (χ2n) is 13.4. The number of hydrogen-bond acceptors (Lipinski definition) is 6. The lowest BCUT2D eigenvalue weighted by Crippen LogP contribution is -2.40. The summed E-state index contributed by atoms with van der Waals surface area (Å²) in [6, 6.07) is 15.1. The van der Waals surface area contributed by atoms with E-state index in [9.17, 15) is 14.4 Å². The van der Waals surface area contributed by atoms with Gasteiger partial charge in [0, 0.05) is 45.3 Å². The van der Waals surface area contributed by atoms with Gasteiger partial charge < -0.3 is 26.7 Å². The van der Waals surface area contributed by atoms with Crippen molar-refractivity contribution in [2.75, 3.05) is 11.4 Å². The number of carbonyl (C=O) groups excluding carboxylic acids is 3. The molecule has 0 radical (unpaired) electrons. The van der Waals surface area contributed by atoms with Crippen LogP contribution in [0, 0.1) is 5.41 Å². The molecule has 0 aromatic heterocycles. The van der Waals surface area contributed by atoms with Gasteiger partial charge in [0.05, 0.1) is 23.6 Å². The highest BCUT2D eigenvalue weighted by Gasteiger charge is 2.25. The molecule has 0 unspecified atom stereocenters. The topological polar surface area (TPSA) is 143 Å². The monoisotopic (exact) mass is 622 g/mol. The molecule has 1 heterocycles. The van der Waals surface area contributed by atoms with Gasteiger partial charge in [0.15, 0.2) is 0 Å². The Bertz CT molecular complexity index is 1380. The number of nitrogens with one attached hydrogen (secondary N) is 3. The van der Waals surface area contributed by atoms with Crippen LogP contribution in [0.2, 0.25) is 0 Å². The van der Waals surface area contributed by atoms with Gasteiger partial charge in [-0.1, -0.05) is 88.7 Å². The Morgan fingerprint density at radius 3 is 2.07 bits per heavy atom. The molecule has 9 heteroatoms. The van der Waals surface area contributed by atoms with Crippen molar-refractivity contribution in [1.82, 2.24) is 16.1 Å². The fraction of sp³-hybridized carbons (Fsp3) is 0.472. The summed E-state index contributed by atoms with van der Waals surface area (Å²) in [6.07, 6.45) is 3.46. The molecule has 0 saturated carbocycles. The zero-order valence-electron chi connectivity index (χ0n) is 28.3. The Labute approximate surface area is 272 Å². The first-order valence-corrected chi connectivity index (χ1v) is 15.8. The van der Waals surface area contributed by atoms with Gasteiger partial charge in [-0.15, -0.1) is 0 Å². The predicted octanol–water partition coefficient (Wildman–Crippen LogP) is 6.25. The minimum atomic E-state index is -0.298. The van der Waals surface area contributed by atoms with Gasteiger partial charge >= 0.3 is 0 Å². The predicted molar refractivity (Wildman–Crippen MR) is 190 cm³/mol. The normalized spacial score (nSPS) is 14.4. The van der Waals surface area contributed by atoms with E-state index in [1.165, 1.54) is 18.4 Å². The summed E-state index contributed by atoms with van der Waals surface area (Å²) >= 11 is 0. The van der Waals surface area contributed by atoms with Crippen LogP contribution in [0.15, 0.2) is 60.7 Å². The lowest BCUT2D eigenvalue weighted by molar-refractivity contribution is -0.123. The van der Waals surface area contributed by atoms with Gasteiger partial charge in [-0.05, 0) is 50.7 Å². The minimum absolute atomic E-state index is 0. The van der Waals surface area contributed by atoms with Crippen molar-refractivity contribution < 1.29 is 17.2 Å². The Hall–Kier alpha value is -4.11. The molecule has 2 aromatic rings. The number of carbonyl (C=O) groups is 3. The maximum Gasteiger partial charge on any atom is 0.229 e. The Balaban J connectivity index is 0.00000169. The summed E-state index contributed by atoms with van der Waals surface area (Å²) < 4.78 is 0. The van der Waals surface area contributed by atoms with Crippen molar-refractivity contribution in [3.05, 3.63) is 77.4 Å². The first kappa shape index (κ1) is 37.1. The number of nitrogens with zero attached hydrogens (tertiary/aromatic N) is 1. The van der Waals surface area contributed by atoms with Crippen molar-refractivity contribution in [1.29, 1.82) is 0 Å². The van der Waals surface area contributed by atoms with Gasteiger partial charge in [-0.25, -0.2) is 0 Å². The molecule has 1 aliphatic heterocycles. The largest absolute Gasteiger partial charge is 0.396 e. The molecule has 3 rings (SSSR count). The molecule has 1 aliphatic rings. The third-order valence-corrected chi connectivity index (χ3v) is 7.41. The zero-order chi connectivity index (χ0) is 33.8. The average Bonchev–Trinajstić information content (AvgIpc) is 2.95. The summed E-state index contributed by atoms with van der Waals surface area (Å²) in [6.45, 7) is 19.1. The second kappa shape index (κ2) is 16.8. The molecular formula is C36H58N6O3. The quantitative estimate of drug-likeness (QED) is 0.120. The van der Waals surface area contributed by atoms with E-state index < -0.39 is 0 Å². The number of hydrogen-bond donors (Lipinski definition) is 5. The third kappa shape index (κ3) is 11.7. The molecule has 9 nitrogen and oxygen atoms in total. The minimum Gasteiger partial charge on any atom is -0.396 e. The lowest BCUT2D eigenvalue weighted by atomic mass is 9.85. The molecule has 45 heavy (non-hydrogen) atoms. The number of nitrogens with two attached hydrogens (primary N) is 2. The fourth-order valence-corrected chi connectivity index (χ4v) is 4.85. The first-order chi connectivity index (χ1) is 21.1. The van der Waals surface area contributed by atoms with E-state index in [2.05, 4.69) is 50.3 Å². The van der Waals surface area contributed by atoms with Crippen molar-refractivity contribution in [2.45, 2.75) is 99.1 Å². The molecule has 250 valence electrons. The molecule has 3 amide bonds. The highest BCUT2D eigenvalue weighted by molar-refractivity contribution is 6.01. The maximum absolute atomic E-state index is 13.3. The molecular weight excluding hydrogens is 564 g/mol. The number of para-hydroxylation sites is 1. The van der Waals surface area contributed by atoms with Crippen molar-refractivity contribution in [2.24, 2.45) is 17.0 Å². The Morgan fingerprint density at radius 1 is 0.889 bits per heavy atom. The van der Waals surface area contributed by atoms with E-state index >= 15 is 0 Å². The van der Waals surface area contributed by atoms with E-state index in [0.29, 0.717) is 41.0 Å². The highest BCUT2D eigenvalue weighted by Crippen LogP contribution is 2.34. The zero-order valence-corrected chi connectivity index (χ0v) is 28.3. The average molecular weight is 623 g/mol. The van der Waals surface area contributed by atoms with E-state index in [0.717, 1.165) is 11.1 Å². The number of anilines is 1. The molecule has 2 aromatic carbocycles. The fourth-order valence-electron chi connectivity index (χ4n) is 4.85. The van der Waals surface area contributed by atoms with Crippen molar-refractivity contribution in [3.63, 3.8) is 0 Å². The van der Waals surface area contributed by atoms with Gasteiger partial charge in [-0.3, -0.25) is 20.2 Å². The third-order valence-electron chi connectivity index (χ3n) is 7.41. The molecule has 0 atom stereocenters. The van der Waals surface area contributed by atoms with Crippen LogP contribution in [-0.4, -0.2) is 29.8 Å². The maximum atomic E-state index is 13.3. The van der Waals surface area contributed by atoms with Gasteiger partial charge in [0.1, 0.15) is 0 Å². The first-order valence-electron chi connectivity index (χ1n) is 15.8. The summed E-state index contributed by atoms with van der Waals surface area (Å²) in [5.41, 5.74) is 14.8. The molecule has 0 spiro atoms. The van der Waals surface area contributed by atoms with Crippen LogP contribution in [0.4, 0.5) is 5.69 Å². The molecule has 0 saturated heterocycles. The summed E-state index contributed by atoms with van der Waals surface area (Å²) in [5.74, 6) is 5.42. The Kier molecular flexibility index (Phi) is 13.9. The van der Waals surface area contributed by atoms with E-state index in [4.69, 9.17) is 11.6 Å². The van der Waals surface area contributed by atoms with Gasteiger partial charge in [0.2, 0.25) is 17.7 Å². The number of hydrazine groups is 1. The second-order valence-corrected chi connectivity index (χ2v) is 13.4. The van der Waals surface area contributed by atoms with Crippen LogP contribution < -0.4 is 32.5 Å². The molecule has 0 aliphatic carbocycles. The standard InChI is InChI=1S/C27H36N6O3.C9H18.2H2/c1-27(2,3)31-23(35)14-8-13-22(34)30-16-15-24(36)33-17-18-9-4-5-10-19(18)26(32-29)25(28)20-11-6-7-12-21(20)33;1-6-7-8(2)9(3,4)5;;/h4-7,9-12,32H,8,13-17,28-29H2,1-3H3,(H,30,34)(H,31,35);2,6-7H2,1,3-5H3;2*1H/b26-25-;;;. The van der Waals surface area contributed by atoms with Gasteiger partial charge in [0.25, 0.3) is 0 Å². The molecule has 7 N–H and O–H groups in total. The SMILES string of the molecule is C=C(CCC)C(C)(C)C.CC(C)(C)NC(=O)CCCC(=O)NCCC(=O)N1Cc2ccccc2/C(NN)=C(/N)c2ccccc21.[HH].[HH]. The van der Waals surface area contributed by atoms with E-state index in [1.54, 1.807) is 4.90 Å². The van der Waals surface area contributed by atoms with Crippen molar-refractivity contribution >= 4 is 34.8 Å². The van der Waals surface area contributed by atoms with Crippen LogP contribution in [0.3, 0.4) is 0 Å². The number of fused-ring (bicyclic) bond motifs is 2. The number of amides is 3. The Morgan fingerprint density at radius 2 is 1.49 bits per heavy atom. The van der Waals surface area contributed by atoms with Crippen LogP contribution in [0.1, 0.15) is 107 Å². The smallest absolute Gasteiger partial charge is 0.229 e. The highest BCUT2D eigenvalue weighted by atomic mass is 16.2. The number of allylic oxidation sites excluding steroid dienone is 1. The summed E-state index contributed by atoms with van der Waals surface area (Å²) in [7, 11) is 0. The van der Waals surface area contributed by atoms with Crippen molar-refractivity contribution in [3.8, 4) is 0 Å². The summed E-state index contributed by atoms with van der Waals surface area (Å²) in [4.78, 5) is 39.2. The summed E-state index contributed by atoms with van der Waals surface area (Å²) in [5, 5.41) is 5.67. The molecule has 0 bridgehead atoms. The van der Waals surface area contributed by atoms with Crippen LogP contribution >= 0.6 is 0 Å². The van der Waals surface area contributed by atoms with Gasteiger partial charge in [-0.2, -0.15) is 0 Å². The lowest BCUT2D eigenvalue weighted by Gasteiger charge is -2.30.